The van der Waals surface area contributed by atoms with E-state index in [1.807, 2.05) is 6.92 Å². The summed E-state index contributed by atoms with van der Waals surface area (Å²) in [6, 6.07) is 0. The van der Waals surface area contributed by atoms with Gasteiger partial charge in [-0.15, -0.1) is 0 Å². The predicted octanol–water partition coefficient (Wildman–Crippen LogP) is 2.10. The van der Waals surface area contributed by atoms with Gasteiger partial charge >= 0.3 is 40.0 Å². The monoisotopic (exact) mass is 346 g/mol. The average molecular weight is 347 g/mol. The molecular formula is C16H35NaO4S. The smallest absolute Gasteiger partial charge is 1.00 e. The van der Waals surface area contributed by atoms with Crippen LogP contribution in [0.25, 0.3) is 0 Å². The zero-order valence-electron chi connectivity index (χ0n) is 16.1. The molecule has 1 unspecified atom stereocenters. The van der Waals surface area contributed by atoms with E-state index in [1.165, 1.54) is 19.3 Å². The first kappa shape index (κ1) is 25.1. The Balaban J connectivity index is -0.00000200. The zero-order valence-corrected chi connectivity index (χ0v) is 17.9. The van der Waals surface area contributed by atoms with Crippen molar-refractivity contribution >= 4 is 10.4 Å². The van der Waals surface area contributed by atoms with Gasteiger partial charge in [-0.1, -0.05) is 72.1 Å². The van der Waals surface area contributed by atoms with E-state index in [0.717, 1.165) is 44.9 Å². The first-order valence-electron chi connectivity index (χ1n) is 8.63. The van der Waals surface area contributed by atoms with Crippen molar-refractivity contribution in [2.45, 2.75) is 97.5 Å². The third-order valence-electron chi connectivity index (χ3n) is 3.56. The van der Waals surface area contributed by atoms with Crippen molar-refractivity contribution in [3.8, 4) is 0 Å². The van der Waals surface area contributed by atoms with Crippen LogP contribution in [0.2, 0.25) is 0 Å². The second kappa shape index (κ2) is 16.7. The third kappa shape index (κ3) is 15.8. The Morgan fingerprint density at radius 1 is 0.864 bits per heavy atom. The normalized spacial score (nSPS) is 12.9. The first-order chi connectivity index (χ1) is 10.1. The molecule has 0 aromatic rings. The summed E-state index contributed by atoms with van der Waals surface area (Å²) in [5.74, 6) is 0. The summed E-state index contributed by atoms with van der Waals surface area (Å²) in [7, 11) is -3.83. The fourth-order valence-corrected chi connectivity index (χ4v) is 3.12. The zero-order chi connectivity index (χ0) is 16.0. The Hall–Kier alpha value is 0.870. The quantitative estimate of drug-likeness (QED) is 0.337. The standard InChI is InChI=1S/C16H34O4S.Na.H/c1-4-7-9-10-11-13-15-19-21(17,18)20-16(6-3)14-12-8-5-2;;/h16H,4-15H2,1-3H3;;/q;+1;-1. The molecule has 0 saturated carbocycles. The predicted molar refractivity (Wildman–Crippen MR) is 88.7 cm³/mol. The molecule has 0 fully saturated rings. The summed E-state index contributed by atoms with van der Waals surface area (Å²) < 4.78 is 33.5. The van der Waals surface area contributed by atoms with Crippen LogP contribution in [0.1, 0.15) is 92.8 Å². The van der Waals surface area contributed by atoms with E-state index >= 15 is 0 Å². The van der Waals surface area contributed by atoms with Crippen LogP contribution in [0.3, 0.4) is 0 Å². The molecule has 0 aromatic heterocycles. The molecule has 22 heavy (non-hydrogen) atoms. The second-order valence-electron chi connectivity index (χ2n) is 5.62. The summed E-state index contributed by atoms with van der Waals surface area (Å²) in [5.41, 5.74) is 0. The summed E-state index contributed by atoms with van der Waals surface area (Å²) in [4.78, 5) is 0. The van der Waals surface area contributed by atoms with Crippen molar-refractivity contribution in [2.75, 3.05) is 6.61 Å². The van der Waals surface area contributed by atoms with Gasteiger partial charge in [0, 0.05) is 0 Å². The molecule has 0 aromatic carbocycles. The number of hydrogen-bond donors (Lipinski definition) is 0. The summed E-state index contributed by atoms with van der Waals surface area (Å²) in [6.45, 7) is 6.49. The van der Waals surface area contributed by atoms with Crippen molar-refractivity contribution < 1.29 is 47.8 Å². The molecular weight excluding hydrogens is 311 g/mol. The molecule has 0 aliphatic carbocycles. The summed E-state index contributed by atoms with van der Waals surface area (Å²) in [5, 5.41) is 0. The molecule has 0 bridgehead atoms. The van der Waals surface area contributed by atoms with Gasteiger partial charge in [0.05, 0.1) is 12.7 Å². The van der Waals surface area contributed by atoms with Crippen molar-refractivity contribution in [3.63, 3.8) is 0 Å². The van der Waals surface area contributed by atoms with Gasteiger partial charge in [-0.05, 0) is 19.3 Å². The molecule has 6 heteroatoms. The molecule has 130 valence electrons. The minimum absolute atomic E-state index is 0. The third-order valence-corrected chi connectivity index (χ3v) is 4.53. The van der Waals surface area contributed by atoms with Gasteiger partial charge in [0.15, 0.2) is 0 Å². The largest absolute Gasteiger partial charge is 1.00 e. The first-order valence-corrected chi connectivity index (χ1v) is 9.96. The van der Waals surface area contributed by atoms with Gasteiger partial charge in [-0.25, -0.2) is 8.37 Å². The Bertz CT molecular complexity index is 326. The average Bonchev–Trinajstić information content (AvgIpc) is 2.45. The Morgan fingerprint density at radius 3 is 2.00 bits per heavy atom. The van der Waals surface area contributed by atoms with Gasteiger partial charge in [0.25, 0.3) is 0 Å². The fourth-order valence-electron chi connectivity index (χ4n) is 2.18. The van der Waals surface area contributed by atoms with Crippen LogP contribution in [0.4, 0.5) is 0 Å². The Kier molecular flexibility index (Phi) is 19.1. The number of unbranched alkanes of at least 4 members (excludes halogenated alkanes) is 7. The van der Waals surface area contributed by atoms with Crippen LogP contribution in [0, 0.1) is 0 Å². The minimum Gasteiger partial charge on any atom is -1.00 e. The molecule has 0 amide bonds. The molecule has 0 spiro atoms. The van der Waals surface area contributed by atoms with E-state index in [4.69, 9.17) is 8.37 Å². The van der Waals surface area contributed by atoms with Gasteiger partial charge in [0.2, 0.25) is 0 Å². The second-order valence-corrected chi connectivity index (χ2v) is 6.86. The van der Waals surface area contributed by atoms with Gasteiger partial charge in [-0.3, -0.25) is 0 Å². The van der Waals surface area contributed by atoms with Crippen LogP contribution in [-0.2, 0) is 18.8 Å². The van der Waals surface area contributed by atoms with Gasteiger partial charge < -0.3 is 1.43 Å². The van der Waals surface area contributed by atoms with E-state index in [9.17, 15) is 8.42 Å². The Morgan fingerprint density at radius 2 is 1.41 bits per heavy atom. The van der Waals surface area contributed by atoms with Gasteiger partial charge in [0.1, 0.15) is 0 Å². The molecule has 4 nitrogen and oxygen atoms in total. The summed E-state index contributed by atoms with van der Waals surface area (Å²) in [6.07, 6.45) is 11.1. The molecule has 0 rings (SSSR count). The molecule has 0 aliphatic rings. The molecule has 0 saturated heterocycles. The maximum absolute atomic E-state index is 11.7. The molecule has 0 aliphatic heterocycles. The maximum atomic E-state index is 11.7. The maximum Gasteiger partial charge on any atom is 1.00 e. The van der Waals surface area contributed by atoms with Crippen molar-refractivity contribution in [1.29, 1.82) is 0 Å². The molecule has 0 N–H and O–H groups in total. The Labute approximate surface area is 161 Å². The van der Waals surface area contributed by atoms with Crippen LogP contribution in [-0.4, -0.2) is 21.1 Å². The SMILES string of the molecule is CCCCCCCCOS(=O)(=O)OC(CC)CCCCC.[H-].[Na+]. The fraction of sp³-hybridized carbons (Fsp3) is 1.00. The van der Waals surface area contributed by atoms with Crippen molar-refractivity contribution in [2.24, 2.45) is 0 Å². The van der Waals surface area contributed by atoms with Crippen LogP contribution >= 0.6 is 0 Å². The van der Waals surface area contributed by atoms with Crippen molar-refractivity contribution in [1.82, 2.24) is 0 Å². The van der Waals surface area contributed by atoms with E-state index in [0.29, 0.717) is 6.42 Å². The molecule has 0 radical (unpaired) electrons. The van der Waals surface area contributed by atoms with E-state index in [2.05, 4.69) is 13.8 Å². The number of hydrogen-bond acceptors (Lipinski definition) is 4. The van der Waals surface area contributed by atoms with Crippen LogP contribution in [0.15, 0.2) is 0 Å². The van der Waals surface area contributed by atoms with E-state index in [1.54, 1.807) is 0 Å². The molecule has 0 heterocycles. The van der Waals surface area contributed by atoms with Crippen LogP contribution < -0.4 is 29.6 Å². The number of rotatable bonds is 15. The molecule has 1 atom stereocenters. The van der Waals surface area contributed by atoms with Crippen molar-refractivity contribution in [3.05, 3.63) is 0 Å². The van der Waals surface area contributed by atoms with E-state index < -0.39 is 10.4 Å². The topological polar surface area (TPSA) is 52.6 Å². The van der Waals surface area contributed by atoms with Crippen LogP contribution in [0.5, 0.6) is 0 Å². The van der Waals surface area contributed by atoms with Gasteiger partial charge in [-0.2, -0.15) is 8.42 Å². The minimum atomic E-state index is -3.83. The summed E-state index contributed by atoms with van der Waals surface area (Å²) >= 11 is 0. The van der Waals surface area contributed by atoms with E-state index in [-0.39, 0.29) is 43.7 Å².